The summed E-state index contributed by atoms with van der Waals surface area (Å²) >= 11 is 5.46. The van der Waals surface area contributed by atoms with Crippen LogP contribution in [0, 0.1) is 5.92 Å². The van der Waals surface area contributed by atoms with Crippen LogP contribution in [0.25, 0.3) is 0 Å². The molecule has 2 rings (SSSR count). The fourth-order valence-corrected chi connectivity index (χ4v) is 3.41. The van der Waals surface area contributed by atoms with Crippen LogP contribution in [0.2, 0.25) is 0 Å². The molecule has 2 heterocycles. The predicted octanol–water partition coefficient (Wildman–Crippen LogP) is 2.97. The SMILES string of the molecule is CCc1nc(Br)cc(NCC2CCSC2)n1. The van der Waals surface area contributed by atoms with Gasteiger partial charge in [-0.2, -0.15) is 11.8 Å². The maximum atomic E-state index is 4.45. The Morgan fingerprint density at radius 2 is 2.44 bits per heavy atom. The minimum absolute atomic E-state index is 0.795. The largest absolute Gasteiger partial charge is 0.370 e. The zero-order valence-electron chi connectivity index (χ0n) is 9.37. The number of halogens is 1. The second kappa shape index (κ2) is 5.87. The van der Waals surface area contributed by atoms with Crippen LogP contribution in [0.5, 0.6) is 0 Å². The maximum Gasteiger partial charge on any atom is 0.131 e. The summed E-state index contributed by atoms with van der Waals surface area (Å²) in [7, 11) is 0. The molecular formula is C11H16BrN3S. The third kappa shape index (κ3) is 3.35. The maximum absolute atomic E-state index is 4.45. The van der Waals surface area contributed by atoms with Crippen LogP contribution in [-0.4, -0.2) is 28.0 Å². The van der Waals surface area contributed by atoms with Crippen molar-refractivity contribution >= 4 is 33.5 Å². The van der Waals surface area contributed by atoms with Crippen LogP contribution >= 0.6 is 27.7 Å². The van der Waals surface area contributed by atoms with E-state index in [1.54, 1.807) is 0 Å². The molecule has 0 bridgehead atoms. The van der Waals surface area contributed by atoms with Crippen LogP contribution in [0.1, 0.15) is 19.2 Å². The molecule has 5 heteroatoms. The molecule has 0 amide bonds. The lowest BCUT2D eigenvalue weighted by Gasteiger charge is -2.11. The molecule has 1 aromatic heterocycles. The Morgan fingerprint density at radius 1 is 1.56 bits per heavy atom. The minimum atomic E-state index is 0.795. The smallest absolute Gasteiger partial charge is 0.131 e. The molecule has 1 aliphatic rings. The summed E-state index contributed by atoms with van der Waals surface area (Å²) in [5, 5.41) is 3.41. The summed E-state index contributed by atoms with van der Waals surface area (Å²) in [5.41, 5.74) is 0. The van der Waals surface area contributed by atoms with Gasteiger partial charge in [0.1, 0.15) is 16.2 Å². The van der Waals surface area contributed by atoms with Gasteiger partial charge in [0, 0.05) is 19.0 Å². The van der Waals surface area contributed by atoms with Crippen molar-refractivity contribution in [2.75, 3.05) is 23.4 Å². The molecule has 1 fully saturated rings. The van der Waals surface area contributed by atoms with Gasteiger partial charge in [0.25, 0.3) is 0 Å². The predicted molar refractivity (Wildman–Crippen MR) is 73.0 cm³/mol. The van der Waals surface area contributed by atoms with Crippen molar-refractivity contribution in [3.05, 3.63) is 16.5 Å². The van der Waals surface area contributed by atoms with Gasteiger partial charge in [-0.3, -0.25) is 0 Å². The summed E-state index contributed by atoms with van der Waals surface area (Å²) in [4.78, 5) is 8.75. The Kier molecular flexibility index (Phi) is 4.46. The van der Waals surface area contributed by atoms with Crippen LogP contribution in [0.3, 0.4) is 0 Å². The van der Waals surface area contributed by atoms with Crippen molar-refractivity contribution in [3.63, 3.8) is 0 Å². The van der Waals surface area contributed by atoms with Crippen molar-refractivity contribution in [1.82, 2.24) is 9.97 Å². The quantitative estimate of drug-likeness (QED) is 0.868. The van der Waals surface area contributed by atoms with Gasteiger partial charge in [0.2, 0.25) is 0 Å². The lowest BCUT2D eigenvalue weighted by Crippen LogP contribution is -2.14. The second-order valence-corrected chi connectivity index (χ2v) is 5.92. The van der Waals surface area contributed by atoms with E-state index in [1.165, 1.54) is 17.9 Å². The average molecular weight is 302 g/mol. The van der Waals surface area contributed by atoms with E-state index in [0.717, 1.165) is 35.1 Å². The van der Waals surface area contributed by atoms with Crippen molar-refractivity contribution < 1.29 is 0 Å². The summed E-state index contributed by atoms with van der Waals surface area (Å²) in [6.45, 7) is 3.10. The van der Waals surface area contributed by atoms with E-state index < -0.39 is 0 Å². The first-order valence-electron chi connectivity index (χ1n) is 5.63. The standard InChI is InChI=1S/C11H16BrN3S/c1-2-10-14-9(12)5-11(15-10)13-6-8-3-4-16-7-8/h5,8H,2-4,6-7H2,1H3,(H,13,14,15). The minimum Gasteiger partial charge on any atom is -0.370 e. The molecular weight excluding hydrogens is 286 g/mol. The van der Waals surface area contributed by atoms with E-state index in [0.29, 0.717) is 0 Å². The average Bonchev–Trinajstić information content (AvgIpc) is 2.78. The molecule has 16 heavy (non-hydrogen) atoms. The Morgan fingerprint density at radius 3 is 3.12 bits per heavy atom. The number of hydrogen-bond acceptors (Lipinski definition) is 4. The fraction of sp³-hybridized carbons (Fsp3) is 0.636. The summed E-state index contributed by atoms with van der Waals surface area (Å²) in [6, 6.07) is 1.95. The van der Waals surface area contributed by atoms with Gasteiger partial charge in [-0.25, -0.2) is 9.97 Å². The summed E-state index contributed by atoms with van der Waals surface area (Å²) in [6.07, 6.45) is 2.19. The second-order valence-electron chi connectivity index (χ2n) is 3.96. The van der Waals surface area contributed by atoms with E-state index in [1.807, 2.05) is 17.8 Å². The monoisotopic (exact) mass is 301 g/mol. The molecule has 0 spiro atoms. The van der Waals surface area contributed by atoms with Crippen molar-refractivity contribution in [2.24, 2.45) is 5.92 Å². The molecule has 0 aliphatic carbocycles. The zero-order valence-corrected chi connectivity index (χ0v) is 11.8. The highest BCUT2D eigenvalue weighted by atomic mass is 79.9. The number of aromatic nitrogens is 2. The van der Waals surface area contributed by atoms with Gasteiger partial charge in [0.05, 0.1) is 0 Å². The number of nitrogens with one attached hydrogen (secondary N) is 1. The van der Waals surface area contributed by atoms with Gasteiger partial charge in [-0.05, 0) is 39.8 Å². The molecule has 1 aromatic rings. The normalized spacial score (nSPS) is 20.0. The lowest BCUT2D eigenvalue weighted by molar-refractivity contribution is 0.630. The van der Waals surface area contributed by atoms with Gasteiger partial charge in [-0.15, -0.1) is 0 Å². The first-order valence-corrected chi connectivity index (χ1v) is 7.57. The molecule has 0 aromatic carbocycles. The molecule has 3 nitrogen and oxygen atoms in total. The van der Waals surface area contributed by atoms with Crippen LogP contribution in [-0.2, 0) is 6.42 Å². The summed E-state index contributed by atoms with van der Waals surface area (Å²) < 4.78 is 0.864. The van der Waals surface area contributed by atoms with Gasteiger partial charge in [0.15, 0.2) is 0 Å². The number of nitrogens with zero attached hydrogens (tertiary/aromatic N) is 2. The molecule has 1 aliphatic heterocycles. The summed E-state index contributed by atoms with van der Waals surface area (Å²) in [5.74, 6) is 5.21. The number of anilines is 1. The topological polar surface area (TPSA) is 37.8 Å². The van der Waals surface area contributed by atoms with E-state index in [-0.39, 0.29) is 0 Å². The highest BCUT2D eigenvalue weighted by Gasteiger charge is 2.15. The fourth-order valence-electron chi connectivity index (χ4n) is 1.71. The number of aryl methyl sites for hydroxylation is 1. The third-order valence-electron chi connectivity index (χ3n) is 2.65. The number of hydrogen-bond donors (Lipinski definition) is 1. The molecule has 1 saturated heterocycles. The van der Waals surface area contributed by atoms with E-state index in [2.05, 4.69) is 38.1 Å². The van der Waals surface area contributed by atoms with E-state index >= 15 is 0 Å². The van der Waals surface area contributed by atoms with Crippen molar-refractivity contribution in [3.8, 4) is 0 Å². The highest BCUT2D eigenvalue weighted by molar-refractivity contribution is 9.10. The molecule has 1 N–H and O–H groups in total. The molecule has 1 unspecified atom stereocenters. The Labute approximate surface area is 109 Å². The van der Waals surface area contributed by atoms with Crippen LogP contribution in [0.15, 0.2) is 10.7 Å². The number of rotatable bonds is 4. The van der Waals surface area contributed by atoms with Crippen LogP contribution < -0.4 is 5.32 Å². The van der Waals surface area contributed by atoms with Gasteiger partial charge < -0.3 is 5.32 Å². The van der Waals surface area contributed by atoms with Crippen molar-refractivity contribution in [2.45, 2.75) is 19.8 Å². The molecule has 0 saturated carbocycles. The molecule has 88 valence electrons. The van der Waals surface area contributed by atoms with Crippen molar-refractivity contribution in [1.29, 1.82) is 0 Å². The van der Waals surface area contributed by atoms with E-state index in [9.17, 15) is 0 Å². The molecule has 0 radical (unpaired) electrons. The van der Waals surface area contributed by atoms with Crippen LogP contribution in [0.4, 0.5) is 5.82 Å². The third-order valence-corrected chi connectivity index (χ3v) is 4.29. The van der Waals surface area contributed by atoms with Gasteiger partial charge >= 0.3 is 0 Å². The Bertz CT molecular complexity index is 353. The lowest BCUT2D eigenvalue weighted by atomic mass is 10.1. The first kappa shape index (κ1) is 12.2. The first-order chi connectivity index (χ1) is 7.78. The Hall–Kier alpha value is -0.290. The Balaban J connectivity index is 1.94. The number of thioether (sulfide) groups is 1. The van der Waals surface area contributed by atoms with Gasteiger partial charge in [-0.1, -0.05) is 6.92 Å². The highest BCUT2D eigenvalue weighted by Crippen LogP contribution is 2.23. The molecule has 1 atom stereocenters. The zero-order chi connectivity index (χ0) is 11.4. The van der Waals surface area contributed by atoms with E-state index in [4.69, 9.17) is 0 Å².